The first-order valence-corrected chi connectivity index (χ1v) is 7.44. The van der Waals surface area contributed by atoms with Crippen molar-refractivity contribution in [3.05, 3.63) is 69.8 Å². The number of nitrogens with zero attached hydrogens (tertiary/aromatic N) is 1. The van der Waals surface area contributed by atoms with E-state index in [1.807, 2.05) is 30.3 Å². The molecule has 118 valence electrons. The van der Waals surface area contributed by atoms with Gasteiger partial charge in [-0.1, -0.05) is 50.8 Å². The zero-order valence-corrected chi connectivity index (χ0v) is 13.6. The number of anilines is 1. The maximum absolute atomic E-state index is 11.2. The molecule has 0 aliphatic carbocycles. The second-order valence-corrected chi connectivity index (χ2v) is 6.52. The molecular formula is C19H20N2O2. The fraction of sp³-hybridized carbons (Fsp3) is 0.263. The Morgan fingerprint density at radius 2 is 1.70 bits per heavy atom. The standard InChI is InChI=1S/C19H20N2O2/c1-19(2,3)14-20-17-13-16(11-12-18(17)21(22)23)10-9-15-7-5-4-6-8-15/h4-8,11-13,20H,14H2,1-3H3. The first-order valence-electron chi connectivity index (χ1n) is 7.44. The molecule has 0 saturated carbocycles. The summed E-state index contributed by atoms with van der Waals surface area (Å²) in [7, 11) is 0. The van der Waals surface area contributed by atoms with Gasteiger partial charge in [-0.2, -0.15) is 0 Å². The fourth-order valence-electron chi connectivity index (χ4n) is 1.94. The van der Waals surface area contributed by atoms with E-state index in [9.17, 15) is 10.1 Å². The van der Waals surface area contributed by atoms with Crippen LogP contribution in [0.3, 0.4) is 0 Å². The highest BCUT2D eigenvalue weighted by Crippen LogP contribution is 2.26. The van der Waals surface area contributed by atoms with E-state index in [0.717, 1.165) is 11.1 Å². The average Bonchev–Trinajstić information content (AvgIpc) is 2.51. The van der Waals surface area contributed by atoms with E-state index in [1.54, 1.807) is 12.1 Å². The summed E-state index contributed by atoms with van der Waals surface area (Å²) in [6.45, 7) is 6.87. The third kappa shape index (κ3) is 5.15. The van der Waals surface area contributed by atoms with E-state index in [1.165, 1.54) is 6.07 Å². The Morgan fingerprint density at radius 3 is 2.30 bits per heavy atom. The van der Waals surface area contributed by atoms with Gasteiger partial charge in [0.1, 0.15) is 5.69 Å². The van der Waals surface area contributed by atoms with Crippen molar-refractivity contribution < 1.29 is 4.92 Å². The third-order valence-electron chi connectivity index (χ3n) is 3.13. The van der Waals surface area contributed by atoms with Gasteiger partial charge in [0, 0.05) is 23.7 Å². The van der Waals surface area contributed by atoms with Gasteiger partial charge in [0.15, 0.2) is 0 Å². The fourth-order valence-corrected chi connectivity index (χ4v) is 1.94. The summed E-state index contributed by atoms with van der Waals surface area (Å²) in [5.41, 5.74) is 2.26. The molecule has 0 aliphatic rings. The predicted molar refractivity (Wildman–Crippen MR) is 93.5 cm³/mol. The molecule has 0 heterocycles. The molecule has 0 aromatic heterocycles. The normalized spacial score (nSPS) is 10.6. The molecule has 0 unspecified atom stereocenters. The number of hydrogen-bond acceptors (Lipinski definition) is 3. The van der Waals surface area contributed by atoms with Gasteiger partial charge in [-0.3, -0.25) is 10.1 Å². The van der Waals surface area contributed by atoms with Crippen molar-refractivity contribution in [3.8, 4) is 11.8 Å². The van der Waals surface area contributed by atoms with E-state index in [2.05, 4.69) is 37.9 Å². The van der Waals surface area contributed by atoms with E-state index in [-0.39, 0.29) is 16.0 Å². The summed E-state index contributed by atoms with van der Waals surface area (Å²) >= 11 is 0. The predicted octanol–water partition coefficient (Wildman–Crippen LogP) is 4.45. The minimum Gasteiger partial charge on any atom is -0.379 e. The Balaban J connectivity index is 2.29. The number of benzene rings is 2. The van der Waals surface area contributed by atoms with Crippen LogP contribution in [0, 0.1) is 27.4 Å². The van der Waals surface area contributed by atoms with Crippen LogP contribution in [0.15, 0.2) is 48.5 Å². The smallest absolute Gasteiger partial charge is 0.292 e. The molecule has 0 radical (unpaired) electrons. The molecule has 1 N–H and O–H groups in total. The van der Waals surface area contributed by atoms with Crippen LogP contribution in [0.2, 0.25) is 0 Å². The van der Waals surface area contributed by atoms with Gasteiger partial charge < -0.3 is 5.32 Å². The van der Waals surface area contributed by atoms with E-state index in [0.29, 0.717) is 12.2 Å². The van der Waals surface area contributed by atoms with Crippen LogP contribution >= 0.6 is 0 Å². The molecule has 0 bridgehead atoms. The quantitative estimate of drug-likeness (QED) is 0.517. The van der Waals surface area contributed by atoms with Crippen LogP contribution in [0.4, 0.5) is 11.4 Å². The zero-order chi connectivity index (χ0) is 16.9. The van der Waals surface area contributed by atoms with Crippen LogP contribution in [-0.4, -0.2) is 11.5 Å². The van der Waals surface area contributed by atoms with Crippen LogP contribution in [0.25, 0.3) is 0 Å². The van der Waals surface area contributed by atoms with Crippen molar-refractivity contribution in [2.45, 2.75) is 20.8 Å². The van der Waals surface area contributed by atoms with Crippen molar-refractivity contribution in [1.82, 2.24) is 0 Å². The van der Waals surface area contributed by atoms with Crippen molar-refractivity contribution in [3.63, 3.8) is 0 Å². The van der Waals surface area contributed by atoms with Gasteiger partial charge in [0.25, 0.3) is 5.69 Å². The number of rotatable bonds is 3. The highest BCUT2D eigenvalue weighted by atomic mass is 16.6. The van der Waals surface area contributed by atoms with Crippen LogP contribution in [0.5, 0.6) is 0 Å². The van der Waals surface area contributed by atoms with Gasteiger partial charge >= 0.3 is 0 Å². The number of hydrogen-bond donors (Lipinski definition) is 1. The van der Waals surface area contributed by atoms with Gasteiger partial charge in [-0.15, -0.1) is 0 Å². The van der Waals surface area contributed by atoms with Crippen LogP contribution < -0.4 is 5.32 Å². The summed E-state index contributed by atoms with van der Waals surface area (Å²) in [4.78, 5) is 10.8. The Labute approximate surface area is 136 Å². The Kier molecular flexibility index (Phi) is 5.02. The van der Waals surface area contributed by atoms with Crippen molar-refractivity contribution >= 4 is 11.4 Å². The second-order valence-electron chi connectivity index (χ2n) is 6.52. The molecule has 2 aromatic carbocycles. The average molecular weight is 308 g/mol. The number of nitrogens with one attached hydrogen (secondary N) is 1. The lowest BCUT2D eigenvalue weighted by Gasteiger charge is -2.19. The molecule has 0 saturated heterocycles. The molecule has 2 rings (SSSR count). The van der Waals surface area contributed by atoms with Gasteiger partial charge in [0.2, 0.25) is 0 Å². The van der Waals surface area contributed by atoms with Crippen molar-refractivity contribution in [1.29, 1.82) is 0 Å². The Morgan fingerprint density at radius 1 is 1.04 bits per heavy atom. The molecule has 4 heteroatoms. The summed E-state index contributed by atoms with van der Waals surface area (Å²) in [5, 5.41) is 14.3. The lowest BCUT2D eigenvalue weighted by molar-refractivity contribution is -0.384. The van der Waals surface area contributed by atoms with Gasteiger partial charge in [-0.05, 0) is 29.7 Å². The summed E-state index contributed by atoms with van der Waals surface area (Å²) < 4.78 is 0. The number of nitro groups is 1. The monoisotopic (exact) mass is 308 g/mol. The molecule has 0 atom stereocenters. The molecule has 23 heavy (non-hydrogen) atoms. The van der Waals surface area contributed by atoms with Gasteiger partial charge in [-0.25, -0.2) is 0 Å². The molecule has 0 aliphatic heterocycles. The summed E-state index contributed by atoms with van der Waals surface area (Å²) in [5.74, 6) is 6.11. The van der Waals surface area contributed by atoms with E-state index in [4.69, 9.17) is 0 Å². The molecular weight excluding hydrogens is 288 g/mol. The van der Waals surface area contributed by atoms with E-state index < -0.39 is 0 Å². The first kappa shape index (κ1) is 16.6. The van der Waals surface area contributed by atoms with Crippen molar-refractivity contribution in [2.24, 2.45) is 5.41 Å². The highest BCUT2D eigenvalue weighted by molar-refractivity contribution is 5.65. The number of nitro benzene ring substituents is 1. The topological polar surface area (TPSA) is 55.2 Å². The third-order valence-corrected chi connectivity index (χ3v) is 3.13. The molecule has 0 fully saturated rings. The van der Waals surface area contributed by atoms with E-state index >= 15 is 0 Å². The maximum atomic E-state index is 11.2. The van der Waals surface area contributed by atoms with Crippen LogP contribution in [0.1, 0.15) is 31.9 Å². The van der Waals surface area contributed by atoms with Crippen molar-refractivity contribution in [2.75, 3.05) is 11.9 Å². The molecule has 0 spiro atoms. The highest BCUT2D eigenvalue weighted by Gasteiger charge is 2.16. The second kappa shape index (κ2) is 6.97. The summed E-state index contributed by atoms with van der Waals surface area (Å²) in [6, 6.07) is 14.6. The minimum absolute atomic E-state index is 0.0274. The largest absolute Gasteiger partial charge is 0.379 e. The SMILES string of the molecule is CC(C)(C)CNc1cc(C#Cc2ccccc2)ccc1[N+](=O)[O-]. The lowest BCUT2D eigenvalue weighted by Crippen LogP contribution is -2.19. The Bertz CT molecular complexity index is 750. The summed E-state index contributed by atoms with van der Waals surface area (Å²) in [6.07, 6.45) is 0. The molecule has 2 aromatic rings. The Hall–Kier alpha value is -2.80. The molecule has 0 amide bonds. The maximum Gasteiger partial charge on any atom is 0.292 e. The zero-order valence-electron chi connectivity index (χ0n) is 13.6. The lowest BCUT2D eigenvalue weighted by atomic mass is 9.97. The van der Waals surface area contributed by atoms with Gasteiger partial charge in [0.05, 0.1) is 4.92 Å². The van der Waals surface area contributed by atoms with Crippen LogP contribution in [-0.2, 0) is 0 Å². The minimum atomic E-state index is -0.376. The first-order chi connectivity index (χ1) is 10.8. The molecule has 4 nitrogen and oxygen atoms in total.